The first-order chi connectivity index (χ1) is 14.4. The molecule has 3 amide bonds. The summed E-state index contributed by atoms with van der Waals surface area (Å²) in [6, 6.07) is 7.88. The standard InChI is InChI=1S/C23H33N3O4/c1-4-18-8-5-6-9-20(18)30-16-22(28)24-10-7-11-25(13-12-24)23(29)19-14-21(27)26(15-19)17(2)3/h5-6,8-9,17,19H,4,7,10-16H2,1-3H3. The molecule has 2 heterocycles. The topological polar surface area (TPSA) is 70.2 Å². The minimum atomic E-state index is -0.268. The van der Waals surface area contributed by atoms with Gasteiger partial charge in [0.1, 0.15) is 5.75 Å². The third-order valence-electron chi connectivity index (χ3n) is 6.00. The predicted octanol–water partition coefficient (Wildman–Crippen LogP) is 1.95. The molecule has 2 saturated heterocycles. The molecule has 164 valence electrons. The van der Waals surface area contributed by atoms with Gasteiger partial charge in [-0.15, -0.1) is 0 Å². The van der Waals surface area contributed by atoms with Gasteiger partial charge in [-0.3, -0.25) is 14.4 Å². The molecule has 2 fully saturated rings. The minimum absolute atomic E-state index is 0.00539. The smallest absolute Gasteiger partial charge is 0.260 e. The van der Waals surface area contributed by atoms with E-state index >= 15 is 0 Å². The summed E-state index contributed by atoms with van der Waals surface area (Å²) in [5, 5.41) is 0. The van der Waals surface area contributed by atoms with Gasteiger partial charge in [0.25, 0.3) is 5.91 Å². The van der Waals surface area contributed by atoms with Gasteiger partial charge in [0.2, 0.25) is 11.8 Å². The van der Waals surface area contributed by atoms with Crippen LogP contribution >= 0.6 is 0 Å². The third-order valence-corrected chi connectivity index (χ3v) is 6.00. The Balaban J connectivity index is 1.51. The number of benzene rings is 1. The Morgan fingerprint density at radius 1 is 1.10 bits per heavy atom. The summed E-state index contributed by atoms with van der Waals surface area (Å²) in [5.74, 6) is 0.516. The Hall–Kier alpha value is -2.57. The first-order valence-corrected chi connectivity index (χ1v) is 11.0. The van der Waals surface area contributed by atoms with Crippen molar-refractivity contribution in [3.8, 4) is 5.75 Å². The first kappa shape index (κ1) is 22.1. The molecule has 0 aromatic heterocycles. The van der Waals surface area contributed by atoms with Crippen LogP contribution in [0, 0.1) is 5.92 Å². The van der Waals surface area contributed by atoms with Crippen LogP contribution < -0.4 is 4.74 Å². The average Bonchev–Trinajstić information content (AvgIpc) is 2.97. The number of hydrogen-bond donors (Lipinski definition) is 0. The molecule has 1 aromatic carbocycles. The van der Waals surface area contributed by atoms with Crippen molar-refractivity contribution in [2.75, 3.05) is 39.3 Å². The van der Waals surface area contributed by atoms with E-state index in [1.54, 1.807) is 9.80 Å². The highest BCUT2D eigenvalue weighted by Crippen LogP contribution is 2.23. The number of amides is 3. The maximum Gasteiger partial charge on any atom is 0.260 e. The van der Waals surface area contributed by atoms with Crippen molar-refractivity contribution in [3.63, 3.8) is 0 Å². The fourth-order valence-electron chi connectivity index (χ4n) is 4.21. The second-order valence-corrected chi connectivity index (χ2v) is 8.35. The number of carbonyl (C=O) groups is 3. The van der Waals surface area contributed by atoms with Crippen molar-refractivity contribution in [1.29, 1.82) is 0 Å². The molecular formula is C23H33N3O4. The van der Waals surface area contributed by atoms with Crippen LogP contribution in [0.25, 0.3) is 0 Å². The zero-order valence-electron chi connectivity index (χ0n) is 18.3. The van der Waals surface area contributed by atoms with E-state index in [0.29, 0.717) is 39.1 Å². The second-order valence-electron chi connectivity index (χ2n) is 8.35. The van der Waals surface area contributed by atoms with E-state index in [2.05, 4.69) is 6.92 Å². The van der Waals surface area contributed by atoms with E-state index in [4.69, 9.17) is 4.74 Å². The lowest BCUT2D eigenvalue weighted by molar-refractivity contribution is -0.137. The van der Waals surface area contributed by atoms with Crippen molar-refractivity contribution >= 4 is 17.7 Å². The van der Waals surface area contributed by atoms with Crippen molar-refractivity contribution < 1.29 is 19.1 Å². The highest BCUT2D eigenvalue weighted by Gasteiger charge is 2.37. The fourth-order valence-corrected chi connectivity index (χ4v) is 4.21. The molecule has 0 N–H and O–H groups in total. The summed E-state index contributed by atoms with van der Waals surface area (Å²) < 4.78 is 5.77. The lowest BCUT2D eigenvalue weighted by atomic mass is 10.1. The molecular weight excluding hydrogens is 382 g/mol. The van der Waals surface area contributed by atoms with Crippen LogP contribution in [0.2, 0.25) is 0 Å². The summed E-state index contributed by atoms with van der Waals surface area (Å²) in [6.45, 7) is 8.74. The molecule has 7 nitrogen and oxygen atoms in total. The van der Waals surface area contributed by atoms with Gasteiger partial charge in [-0.1, -0.05) is 25.1 Å². The zero-order chi connectivity index (χ0) is 21.7. The van der Waals surface area contributed by atoms with Gasteiger partial charge in [-0.2, -0.15) is 0 Å². The molecule has 1 aromatic rings. The molecule has 0 bridgehead atoms. The van der Waals surface area contributed by atoms with Crippen molar-refractivity contribution in [2.45, 2.75) is 46.1 Å². The monoisotopic (exact) mass is 415 g/mol. The van der Waals surface area contributed by atoms with Gasteiger partial charge >= 0.3 is 0 Å². The highest BCUT2D eigenvalue weighted by atomic mass is 16.5. The van der Waals surface area contributed by atoms with Crippen LogP contribution in [-0.4, -0.2) is 77.8 Å². The number of ether oxygens (including phenoxy) is 1. The predicted molar refractivity (Wildman–Crippen MR) is 114 cm³/mol. The SMILES string of the molecule is CCc1ccccc1OCC(=O)N1CCCN(C(=O)C2CC(=O)N(C(C)C)C2)CC1. The van der Waals surface area contributed by atoms with Gasteiger partial charge in [0, 0.05) is 45.2 Å². The van der Waals surface area contributed by atoms with Gasteiger partial charge in [0.05, 0.1) is 5.92 Å². The van der Waals surface area contributed by atoms with Gasteiger partial charge in [0.15, 0.2) is 6.61 Å². The molecule has 2 aliphatic rings. The van der Waals surface area contributed by atoms with E-state index < -0.39 is 0 Å². The number of carbonyl (C=O) groups excluding carboxylic acids is 3. The van der Waals surface area contributed by atoms with Crippen molar-refractivity contribution in [3.05, 3.63) is 29.8 Å². The van der Waals surface area contributed by atoms with Crippen LogP contribution in [0.4, 0.5) is 0 Å². The number of likely N-dealkylation sites (tertiary alicyclic amines) is 1. The molecule has 7 heteroatoms. The van der Waals surface area contributed by atoms with Crippen LogP contribution in [0.3, 0.4) is 0 Å². The Kier molecular flexibility index (Phi) is 7.34. The lowest BCUT2D eigenvalue weighted by Crippen LogP contribution is -2.42. The largest absolute Gasteiger partial charge is 0.483 e. The Morgan fingerprint density at radius 2 is 1.80 bits per heavy atom. The van der Waals surface area contributed by atoms with E-state index in [9.17, 15) is 14.4 Å². The Morgan fingerprint density at radius 3 is 2.50 bits per heavy atom. The minimum Gasteiger partial charge on any atom is -0.483 e. The van der Waals surface area contributed by atoms with E-state index in [1.807, 2.05) is 43.0 Å². The molecule has 1 unspecified atom stereocenters. The van der Waals surface area contributed by atoms with Gasteiger partial charge in [-0.25, -0.2) is 0 Å². The molecule has 0 saturated carbocycles. The van der Waals surface area contributed by atoms with Crippen LogP contribution in [0.1, 0.15) is 39.2 Å². The molecule has 30 heavy (non-hydrogen) atoms. The summed E-state index contributed by atoms with van der Waals surface area (Å²) >= 11 is 0. The van der Waals surface area contributed by atoms with Crippen LogP contribution in [0.5, 0.6) is 5.75 Å². The van der Waals surface area contributed by atoms with Crippen molar-refractivity contribution in [2.24, 2.45) is 5.92 Å². The van der Waals surface area contributed by atoms with E-state index in [0.717, 1.165) is 24.2 Å². The molecule has 1 atom stereocenters. The van der Waals surface area contributed by atoms with E-state index in [-0.39, 0.29) is 36.3 Å². The Labute approximate surface area is 179 Å². The maximum atomic E-state index is 12.9. The second kappa shape index (κ2) is 9.96. The number of rotatable bonds is 6. The maximum absolute atomic E-state index is 12.9. The summed E-state index contributed by atoms with van der Waals surface area (Å²) in [6.07, 6.45) is 1.88. The molecule has 0 spiro atoms. The number of nitrogens with zero attached hydrogens (tertiary/aromatic N) is 3. The normalized spacial score (nSPS) is 19.9. The lowest BCUT2D eigenvalue weighted by Gasteiger charge is -2.25. The highest BCUT2D eigenvalue weighted by molar-refractivity contribution is 5.89. The summed E-state index contributed by atoms with van der Waals surface area (Å²) in [7, 11) is 0. The molecule has 3 rings (SSSR count). The summed E-state index contributed by atoms with van der Waals surface area (Å²) in [5.41, 5.74) is 1.08. The molecule has 0 aliphatic carbocycles. The molecule has 2 aliphatic heterocycles. The van der Waals surface area contributed by atoms with Gasteiger partial charge in [-0.05, 0) is 38.3 Å². The quantitative estimate of drug-likeness (QED) is 0.712. The van der Waals surface area contributed by atoms with Crippen LogP contribution in [0.15, 0.2) is 24.3 Å². The van der Waals surface area contributed by atoms with Gasteiger partial charge < -0.3 is 19.4 Å². The first-order valence-electron chi connectivity index (χ1n) is 11.0. The Bertz CT molecular complexity index is 779. The summed E-state index contributed by atoms with van der Waals surface area (Å²) in [4.78, 5) is 43.1. The fraction of sp³-hybridized carbons (Fsp3) is 0.609. The zero-order valence-corrected chi connectivity index (χ0v) is 18.3. The van der Waals surface area contributed by atoms with E-state index in [1.165, 1.54) is 0 Å². The van der Waals surface area contributed by atoms with Crippen LogP contribution in [-0.2, 0) is 20.8 Å². The number of para-hydroxylation sites is 1. The average molecular weight is 416 g/mol. The molecule has 0 radical (unpaired) electrons. The van der Waals surface area contributed by atoms with Crippen molar-refractivity contribution in [1.82, 2.24) is 14.7 Å². The number of hydrogen-bond acceptors (Lipinski definition) is 4. The number of aryl methyl sites for hydroxylation is 1. The third kappa shape index (κ3) is 5.12.